The van der Waals surface area contributed by atoms with Gasteiger partial charge in [-0.1, -0.05) is 49.6 Å². The average molecular weight is 292 g/mol. The highest BCUT2D eigenvalue weighted by molar-refractivity contribution is 6.31. The minimum atomic E-state index is -1.22. The van der Waals surface area contributed by atoms with Crippen LogP contribution >= 0.6 is 24.0 Å². The predicted molar refractivity (Wildman–Crippen MR) is 76.5 cm³/mol. The van der Waals surface area contributed by atoms with Gasteiger partial charge in [-0.2, -0.15) is 0 Å². The summed E-state index contributed by atoms with van der Waals surface area (Å²) in [6.07, 6.45) is 2.45. The van der Waals surface area contributed by atoms with E-state index < -0.39 is 11.5 Å². The lowest BCUT2D eigenvalue weighted by molar-refractivity contribution is -0.143. The topological polar surface area (TPSA) is 63.3 Å². The summed E-state index contributed by atoms with van der Waals surface area (Å²) in [7, 11) is 0. The first kappa shape index (κ1) is 17.2. The van der Waals surface area contributed by atoms with Crippen molar-refractivity contribution in [3.63, 3.8) is 0 Å². The molecule has 0 bridgehead atoms. The molecule has 0 fully saturated rings. The van der Waals surface area contributed by atoms with E-state index in [1.165, 1.54) is 0 Å². The van der Waals surface area contributed by atoms with Crippen molar-refractivity contribution in [2.24, 2.45) is 5.73 Å². The van der Waals surface area contributed by atoms with Gasteiger partial charge in [0.15, 0.2) is 0 Å². The summed E-state index contributed by atoms with van der Waals surface area (Å²) in [5.74, 6) is -0.967. The lowest BCUT2D eigenvalue weighted by atomic mass is 9.87. The van der Waals surface area contributed by atoms with Crippen LogP contribution in [0.1, 0.15) is 31.7 Å². The van der Waals surface area contributed by atoms with Gasteiger partial charge in [-0.05, 0) is 18.1 Å². The van der Waals surface area contributed by atoms with E-state index in [0.29, 0.717) is 11.4 Å². The van der Waals surface area contributed by atoms with E-state index in [9.17, 15) is 9.90 Å². The molecular weight excluding hydrogens is 273 g/mol. The van der Waals surface area contributed by atoms with Crippen molar-refractivity contribution >= 4 is 30.0 Å². The summed E-state index contributed by atoms with van der Waals surface area (Å²) in [6, 6.07) is 7.22. The third-order valence-electron chi connectivity index (χ3n) is 2.87. The van der Waals surface area contributed by atoms with Crippen LogP contribution in [0, 0.1) is 0 Å². The van der Waals surface area contributed by atoms with Gasteiger partial charge >= 0.3 is 5.97 Å². The van der Waals surface area contributed by atoms with Crippen LogP contribution in [-0.4, -0.2) is 16.6 Å². The van der Waals surface area contributed by atoms with Gasteiger partial charge in [0.1, 0.15) is 5.54 Å². The quantitative estimate of drug-likeness (QED) is 0.845. The highest BCUT2D eigenvalue weighted by Gasteiger charge is 2.33. The average Bonchev–Trinajstić information content (AvgIpc) is 2.29. The van der Waals surface area contributed by atoms with Crippen molar-refractivity contribution in [3.05, 3.63) is 34.9 Å². The number of carboxylic acids is 1. The molecule has 5 heteroatoms. The molecule has 0 aromatic heterocycles. The van der Waals surface area contributed by atoms with Crippen LogP contribution in [0.3, 0.4) is 0 Å². The number of aliphatic carboxylic acids is 1. The third-order valence-corrected chi connectivity index (χ3v) is 3.23. The molecule has 0 heterocycles. The van der Waals surface area contributed by atoms with Crippen molar-refractivity contribution in [2.75, 3.05) is 0 Å². The number of rotatable bonds is 6. The number of halogens is 2. The molecule has 0 aliphatic rings. The molecule has 0 amide bonds. The second-order valence-electron chi connectivity index (χ2n) is 4.33. The lowest BCUT2D eigenvalue weighted by Gasteiger charge is -2.25. The highest BCUT2D eigenvalue weighted by Crippen LogP contribution is 2.23. The Morgan fingerprint density at radius 1 is 1.44 bits per heavy atom. The molecule has 0 saturated carbocycles. The summed E-state index contributed by atoms with van der Waals surface area (Å²) in [5, 5.41) is 9.81. The molecule has 0 spiro atoms. The Balaban J connectivity index is 0.00000289. The zero-order valence-corrected chi connectivity index (χ0v) is 11.9. The van der Waals surface area contributed by atoms with Gasteiger partial charge in [-0.25, -0.2) is 0 Å². The summed E-state index contributed by atoms with van der Waals surface area (Å²) in [6.45, 7) is 2.01. The van der Waals surface area contributed by atoms with Crippen molar-refractivity contribution < 1.29 is 9.90 Å². The van der Waals surface area contributed by atoms with Crippen molar-refractivity contribution in [1.29, 1.82) is 0 Å². The maximum absolute atomic E-state index is 11.3. The van der Waals surface area contributed by atoms with E-state index in [4.69, 9.17) is 17.3 Å². The van der Waals surface area contributed by atoms with Crippen LogP contribution in [0.5, 0.6) is 0 Å². The van der Waals surface area contributed by atoms with Gasteiger partial charge in [0.05, 0.1) is 0 Å². The monoisotopic (exact) mass is 291 g/mol. The second kappa shape index (κ2) is 7.62. The summed E-state index contributed by atoms with van der Waals surface area (Å²) >= 11 is 6.02. The van der Waals surface area contributed by atoms with Gasteiger partial charge in [-0.15, -0.1) is 12.4 Å². The second-order valence-corrected chi connectivity index (χ2v) is 4.74. The zero-order chi connectivity index (χ0) is 12.9. The first-order valence-corrected chi connectivity index (χ1v) is 6.13. The molecule has 1 unspecified atom stereocenters. The molecule has 3 nitrogen and oxygen atoms in total. The van der Waals surface area contributed by atoms with Gasteiger partial charge in [-0.3, -0.25) is 4.79 Å². The smallest absolute Gasteiger partial charge is 0.324 e. The van der Waals surface area contributed by atoms with Gasteiger partial charge in [0, 0.05) is 11.4 Å². The molecule has 0 radical (unpaired) electrons. The minimum Gasteiger partial charge on any atom is -0.480 e. The molecule has 1 aromatic rings. The number of benzene rings is 1. The van der Waals surface area contributed by atoms with E-state index in [1.54, 1.807) is 6.07 Å². The zero-order valence-electron chi connectivity index (χ0n) is 10.4. The van der Waals surface area contributed by atoms with Crippen LogP contribution in [0.25, 0.3) is 0 Å². The molecule has 1 rings (SSSR count). The SMILES string of the molecule is CCCCC(N)(Cc1ccccc1Cl)C(=O)O.Cl. The largest absolute Gasteiger partial charge is 0.480 e. The number of nitrogens with two attached hydrogens (primary N) is 1. The normalized spacial score (nSPS) is 13.5. The van der Waals surface area contributed by atoms with Crippen LogP contribution < -0.4 is 5.73 Å². The van der Waals surface area contributed by atoms with E-state index in [-0.39, 0.29) is 18.8 Å². The molecule has 0 saturated heterocycles. The fourth-order valence-corrected chi connectivity index (χ4v) is 1.95. The molecule has 3 N–H and O–H groups in total. The van der Waals surface area contributed by atoms with Crippen molar-refractivity contribution in [2.45, 2.75) is 38.1 Å². The molecule has 1 atom stereocenters. The Morgan fingerprint density at radius 2 is 2.06 bits per heavy atom. The van der Waals surface area contributed by atoms with E-state index in [1.807, 2.05) is 25.1 Å². The number of hydrogen-bond donors (Lipinski definition) is 2. The number of carbonyl (C=O) groups is 1. The van der Waals surface area contributed by atoms with Gasteiger partial charge in [0.2, 0.25) is 0 Å². The Labute approximate surface area is 119 Å². The molecule has 1 aromatic carbocycles. The molecular formula is C13H19Cl2NO2. The Kier molecular flexibility index (Phi) is 7.29. The maximum atomic E-state index is 11.3. The first-order valence-electron chi connectivity index (χ1n) is 5.75. The highest BCUT2D eigenvalue weighted by atomic mass is 35.5. The molecule has 0 aliphatic carbocycles. The van der Waals surface area contributed by atoms with E-state index >= 15 is 0 Å². The molecule has 0 aliphatic heterocycles. The van der Waals surface area contributed by atoms with Crippen LogP contribution in [0.15, 0.2) is 24.3 Å². The first-order chi connectivity index (χ1) is 7.99. The Morgan fingerprint density at radius 3 is 2.56 bits per heavy atom. The molecule has 102 valence electrons. The number of hydrogen-bond acceptors (Lipinski definition) is 2. The maximum Gasteiger partial charge on any atom is 0.324 e. The Hall–Kier alpha value is -0.770. The lowest BCUT2D eigenvalue weighted by Crippen LogP contribution is -2.49. The van der Waals surface area contributed by atoms with Crippen LogP contribution in [0.4, 0.5) is 0 Å². The standard InChI is InChI=1S/C13H18ClNO2.ClH/c1-2-3-8-13(15,12(16)17)9-10-6-4-5-7-11(10)14;/h4-7H,2-3,8-9,15H2,1H3,(H,16,17);1H. The summed E-state index contributed by atoms with van der Waals surface area (Å²) in [5.41, 5.74) is 5.54. The minimum absolute atomic E-state index is 0. The number of unbranched alkanes of at least 4 members (excludes halogenated alkanes) is 1. The summed E-state index contributed by atoms with van der Waals surface area (Å²) in [4.78, 5) is 11.3. The fourth-order valence-electron chi connectivity index (χ4n) is 1.74. The fraction of sp³-hybridized carbons (Fsp3) is 0.462. The summed E-state index contributed by atoms with van der Waals surface area (Å²) < 4.78 is 0. The van der Waals surface area contributed by atoms with Gasteiger partial charge < -0.3 is 10.8 Å². The van der Waals surface area contributed by atoms with Crippen LogP contribution in [0.2, 0.25) is 5.02 Å². The van der Waals surface area contributed by atoms with Crippen LogP contribution in [-0.2, 0) is 11.2 Å². The van der Waals surface area contributed by atoms with Gasteiger partial charge in [0.25, 0.3) is 0 Å². The third kappa shape index (κ3) is 4.48. The van der Waals surface area contributed by atoms with Crippen molar-refractivity contribution in [3.8, 4) is 0 Å². The Bertz CT molecular complexity index is 398. The van der Waals surface area contributed by atoms with E-state index in [0.717, 1.165) is 18.4 Å². The number of carboxylic acid groups (broad SMARTS) is 1. The van der Waals surface area contributed by atoms with E-state index in [2.05, 4.69) is 0 Å². The van der Waals surface area contributed by atoms with Crippen molar-refractivity contribution in [1.82, 2.24) is 0 Å². The predicted octanol–water partition coefficient (Wildman–Crippen LogP) is 3.28. The molecule has 18 heavy (non-hydrogen) atoms.